The molecule has 122 valence electrons. The molecule has 1 heterocycles. The Kier molecular flexibility index (Phi) is 3.11. The van der Waals surface area contributed by atoms with Gasteiger partial charge in [0.05, 0.1) is 18.2 Å². The maximum absolute atomic E-state index is 10.9. The first-order chi connectivity index (χ1) is 10.7. The molecule has 0 aromatic carbocycles. The minimum absolute atomic E-state index is 0.227. The highest BCUT2D eigenvalue weighted by Gasteiger charge is 2.57. The van der Waals surface area contributed by atoms with Gasteiger partial charge in [-0.05, 0) is 73.2 Å². The largest absolute Gasteiger partial charge is 0.416 e. The van der Waals surface area contributed by atoms with Gasteiger partial charge in [0.1, 0.15) is 6.26 Å². The average molecular weight is 305 g/mol. The van der Waals surface area contributed by atoms with E-state index in [1.54, 1.807) is 0 Å². The fraction of sp³-hybridized carbons (Fsp3) is 0.889. The number of fused-ring (bicyclic) bond motifs is 6. The zero-order valence-corrected chi connectivity index (χ0v) is 13.0. The third-order valence-electron chi connectivity index (χ3n) is 7.71. The fourth-order valence-electron chi connectivity index (χ4n) is 6.81. The molecule has 4 heteroatoms. The molecule has 4 fully saturated rings. The van der Waals surface area contributed by atoms with E-state index in [0.29, 0.717) is 23.7 Å². The maximum Gasteiger partial charge on any atom is 0.112 e. The van der Waals surface area contributed by atoms with Gasteiger partial charge in [-0.25, -0.2) is 0 Å². The smallest absolute Gasteiger partial charge is 0.112 e. The van der Waals surface area contributed by atoms with E-state index in [-0.39, 0.29) is 12.0 Å². The van der Waals surface area contributed by atoms with Gasteiger partial charge in [0.15, 0.2) is 0 Å². The summed E-state index contributed by atoms with van der Waals surface area (Å²) in [4.78, 5) is 5.31. The van der Waals surface area contributed by atoms with Gasteiger partial charge in [-0.1, -0.05) is 12.8 Å². The van der Waals surface area contributed by atoms with Crippen LogP contribution in [0.25, 0.3) is 0 Å². The number of rotatable bonds is 0. The summed E-state index contributed by atoms with van der Waals surface area (Å²) in [5, 5.41) is 21.7. The molecule has 0 aromatic heterocycles. The number of hydroxylamine groups is 1. The molecule has 0 radical (unpaired) electrons. The van der Waals surface area contributed by atoms with Crippen molar-refractivity contribution in [1.82, 2.24) is 5.48 Å². The highest BCUT2D eigenvalue weighted by molar-refractivity contribution is 5.19. The van der Waals surface area contributed by atoms with Crippen molar-refractivity contribution in [1.29, 1.82) is 0 Å². The van der Waals surface area contributed by atoms with E-state index in [0.717, 1.165) is 18.8 Å². The minimum Gasteiger partial charge on any atom is -0.416 e. The van der Waals surface area contributed by atoms with Crippen LogP contribution in [0.1, 0.15) is 44.9 Å². The summed E-state index contributed by atoms with van der Waals surface area (Å²) in [5.74, 6) is 3.18. The lowest BCUT2D eigenvalue weighted by atomic mass is 9.51. The van der Waals surface area contributed by atoms with Crippen LogP contribution in [0.2, 0.25) is 0 Å². The van der Waals surface area contributed by atoms with E-state index in [9.17, 15) is 10.2 Å². The van der Waals surface area contributed by atoms with E-state index in [4.69, 9.17) is 4.84 Å². The van der Waals surface area contributed by atoms with Crippen molar-refractivity contribution < 1.29 is 15.1 Å². The highest BCUT2D eigenvalue weighted by Crippen LogP contribution is 2.58. The third kappa shape index (κ3) is 1.80. The van der Waals surface area contributed by atoms with Gasteiger partial charge >= 0.3 is 0 Å². The molecule has 5 aliphatic rings. The second-order valence-electron chi connectivity index (χ2n) is 8.40. The molecule has 0 bridgehead atoms. The first-order valence-electron chi connectivity index (χ1n) is 9.20. The number of nitrogens with one attached hydrogen (secondary N) is 1. The molecule has 9 atom stereocenters. The fourth-order valence-corrected chi connectivity index (χ4v) is 6.81. The summed E-state index contributed by atoms with van der Waals surface area (Å²) in [7, 11) is 0. The lowest BCUT2D eigenvalue weighted by Gasteiger charge is -2.56. The second-order valence-corrected chi connectivity index (χ2v) is 8.40. The lowest BCUT2D eigenvalue weighted by Crippen LogP contribution is -2.59. The molecular formula is C18H27NO3. The Balaban J connectivity index is 1.48. The van der Waals surface area contributed by atoms with Crippen LogP contribution in [-0.2, 0) is 4.84 Å². The minimum atomic E-state index is -0.547. The second kappa shape index (κ2) is 4.96. The summed E-state index contributed by atoms with van der Waals surface area (Å²) in [6.45, 7) is 0. The van der Waals surface area contributed by atoms with Gasteiger partial charge < -0.3 is 15.1 Å². The van der Waals surface area contributed by atoms with Crippen molar-refractivity contribution in [3.8, 4) is 0 Å². The molecule has 4 nitrogen and oxygen atoms in total. The third-order valence-corrected chi connectivity index (χ3v) is 7.71. The average Bonchev–Trinajstić information content (AvgIpc) is 3.18. The molecule has 22 heavy (non-hydrogen) atoms. The normalized spacial score (nSPS) is 56.3. The van der Waals surface area contributed by atoms with E-state index in [2.05, 4.69) is 5.48 Å². The summed E-state index contributed by atoms with van der Waals surface area (Å²) in [6.07, 6.45) is 9.31. The van der Waals surface area contributed by atoms with Crippen LogP contribution in [0.5, 0.6) is 0 Å². The Bertz CT molecular complexity index is 493. The zero-order chi connectivity index (χ0) is 14.8. The predicted octanol–water partition coefficient (Wildman–Crippen LogP) is 1.98. The molecule has 0 aromatic rings. The van der Waals surface area contributed by atoms with E-state index < -0.39 is 12.2 Å². The Morgan fingerprint density at radius 1 is 0.955 bits per heavy atom. The van der Waals surface area contributed by atoms with Crippen molar-refractivity contribution in [2.24, 2.45) is 35.5 Å². The maximum atomic E-state index is 10.9. The Morgan fingerprint density at radius 3 is 2.77 bits per heavy atom. The zero-order valence-electron chi connectivity index (χ0n) is 13.0. The molecule has 4 aliphatic carbocycles. The molecule has 0 saturated heterocycles. The molecular weight excluding hydrogens is 278 g/mol. The number of hydrogen-bond donors (Lipinski definition) is 3. The first-order valence-corrected chi connectivity index (χ1v) is 9.20. The molecule has 0 amide bonds. The SMILES string of the molecule is OC1C(O)C2C3CCCC3CCC2C2CC3=CONC3CC12. The summed E-state index contributed by atoms with van der Waals surface area (Å²) in [5.41, 5.74) is 4.42. The van der Waals surface area contributed by atoms with Gasteiger partial charge in [-0.15, -0.1) is 0 Å². The van der Waals surface area contributed by atoms with Crippen LogP contribution >= 0.6 is 0 Å². The molecule has 3 N–H and O–H groups in total. The molecule has 5 rings (SSSR count). The topological polar surface area (TPSA) is 61.7 Å². The molecule has 9 unspecified atom stereocenters. The Labute approximate surface area is 131 Å². The summed E-state index contributed by atoms with van der Waals surface area (Å²) < 4.78 is 0. The quantitative estimate of drug-likeness (QED) is 0.640. The summed E-state index contributed by atoms with van der Waals surface area (Å²) >= 11 is 0. The first kappa shape index (κ1) is 13.8. The van der Waals surface area contributed by atoms with Crippen molar-refractivity contribution >= 4 is 0 Å². The van der Waals surface area contributed by atoms with Crippen LogP contribution in [0.15, 0.2) is 11.8 Å². The predicted molar refractivity (Wildman–Crippen MR) is 81.4 cm³/mol. The van der Waals surface area contributed by atoms with Gasteiger partial charge in [0.2, 0.25) is 0 Å². The number of hydrogen-bond acceptors (Lipinski definition) is 4. The van der Waals surface area contributed by atoms with Crippen LogP contribution in [0, 0.1) is 35.5 Å². The van der Waals surface area contributed by atoms with Gasteiger partial charge in [0.25, 0.3) is 0 Å². The summed E-state index contributed by atoms with van der Waals surface area (Å²) in [6, 6.07) is 0.252. The molecule has 1 aliphatic heterocycles. The standard InChI is InChI=1S/C18H27NO3/c20-17-14-7-15-10(8-22-19-15)6-13(14)12-5-4-9-2-1-3-11(9)16(12)18(17)21/h8-9,11-21H,1-7H2. The lowest BCUT2D eigenvalue weighted by molar-refractivity contribution is -0.166. The number of aliphatic hydroxyl groups is 2. The van der Waals surface area contributed by atoms with Crippen molar-refractivity contribution in [2.45, 2.75) is 63.2 Å². The van der Waals surface area contributed by atoms with Crippen molar-refractivity contribution in [3.05, 3.63) is 11.8 Å². The molecule has 0 spiro atoms. The van der Waals surface area contributed by atoms with Crippen molar-refractivity contribution in [2.75, 3.05) is 0 Å². The van der Waals surface area contributed by atoms with Crippen LogP contribution in [-0.4, -0.2) is 28.5 Å². The van der Waals surface area contributed by atoms with Crippen molar-refractivity contribution in [3.63, 3.8) is 0 Å². The van der Waals surface area contributed by atoms with Crippen LogP contribution in [0.4, 0.5) is 0 Å². The molecule has 4 saturated carbocycles. The van der Waals surface area contributed by atoms with Crippen LogP contribution in [0.3, 0.4) is 0 Å². The van der Waals surface area contributed by atoms with E-state index >= 15 is 0 Å². The van der Waals surface area contributed by atoms with E-state index in [1.165, 1.54) is 37.7 Å². The number of aliphatic hydroxyl groups excluding tert-OH is 2. The Hall–Kier alpha value is -0.580. The monoisotopic (exact) mass is 305 g/mol. The van der Waals surface area contributed by atoms with Gasteiger partial charge in [0, 0.05) is 0 Å². The van der Waals surface area contributed by atoms with Crippen LogP contribution < -0.4 is 5.48 Å². The highest BCUT2D eigenvalue weighted by atomic mass is 16.6. The van der Waals surface area contributed by atoms with Gasteiger partial charge in [-0.3, -0.25) is 0 Å². The Morgan fingerprint density at radius 2 is 1.86 bits per heavy atom. The van der Waals surface area contributed by atoms with E-state index in [1.807, 2.05) is 6.26 Å². The van der Waals surface area contributed by atoms with Gasteiger partial charge in [-0.2, -0.15) is 5.48 Å².